The molecule has 0 aromatic rings. The monoisotopic (exact) mass is 142 g/mol. The van der Waals surface area contributed by atoms with E-state index in [2.05, 4.69) is 19.9 Å². The van der Waals surface area contributed by atoms with Crippen molar-refractivity contribution in [3.63, 3.8) is 0 Å². The first-order valence-corrected chi connectivity index (χ1v) is 4.00. The van der Waals surface area contributed by atoms with Crippen LogP contribution < -0.4 is 0 Å². The number of aliphatic hydroxyl groups excluding tert-OH is 1. The number of aliphatic hydroxyl groups is 1. The van der Waals surface area contributed by atoms with Crippen LogP contribution in [0.15, 0.2) is 11.6 Å². The van der Waals surface area contributed by atoms with E-state index in [1.807, 2.05) is 6.92 Å². The predicted molar refractivity (Wildman–Crippen MR) is 45.0 cm³/mol. The van der Waals surface area contributed by atoms with Crippen LogP contribution in [0.5, 0.6) is 0 Å². The van der Waals surface area contributed by atoms with Crippen molar-refractivity contribution in [3.8, 4) is 0 Å². The summed E-state index contributed by atoms with van der Waals surface area (Å²) in [5.74, 6) is 0. The van der Waals surface area contributed by atoms with Crippen LogP contribution in [0.25, 0.3) is 0 Å². The second-order valence-electron chi connectivity index (χ2n) is 2.83. The quantitative estimate of drug-likeness (QED) is 0.598. The van der Waals surface area contributed by atoms with Crippen molar-refractivity contribution in [1.82, 2.24) is 0 Å². The average Bonchev–Trinajstić information content (AvgIpc) is 1.87. The van der Waals surface area contributed by atoms with E-state index in [1.165, 1.54) is 5.57 Å². The standard InChI is InChI=1S/C9H18O/c1-4-8(2)6-5-7-9(3)10/h6,9-10H,4-5,7H2,1-3H3/b8-6+/t9-/m1/s1. The summed E-state index contributed by atoms with van der Waals surface area (Å²) < 4.78 is 0. The minimum atomic E-state index is -0.152. The Balaban J connectivity index is 3.34. The summed E-state index contributed by atoms with van der Waals surface area (Å²) in [6.07, 6.45) is 5.07. The van der Waals surface area contributed by atoms with Crippen LogP contribution in [0.2, 0.25) is 0 Å². The summed E-state index contributed by atoms with van der Waals surface area (Å²) in [4.78, 5) is 0. The zero-order valence-electron chi connectivity index (χ0n) is 7.22. The van der Waals surface area contributed by atoms with Gasteiger partial charge in [0.15, 0.2) is 0 Å². The molecule has 0 unspecified atom stereocenters. The maximum absolute atomic E-state index is 8.91. The fourth-order valence-corrected chi connectivity index (χ4v) is 0.715. The van der Waals surface area contributed by atoms with Crippen molar-refractivity contribution in [2.45, 2.75) is 46.1 Å². The highest BCUT2D eigenvalue weighted by Crippen LogP contribution is 2.03. The number of hydrogen-bond donors (Lipinski definition) is 1. The van der Waals surface area contributed by atoms with Gasteiger partial charge in [0.25, 0.3) is 0 Å². The second kappa shape index (κ2) is 5.48. The summed E-state index contributed by atoms with van der Waals surface area (Å²) in [5, 5.41) is 8.91. The summed E-state index contributed by atoms with van der Waals surface area (Å²) in [6, 6.07) is 0. The lowest BCUT2D eigenvalue weighted by atomic mass is 10.1. The molecule has 0 aliphatic carbocycles. The van der Waals surface area contributed by atoms with Gasteiger partial charge in [-0.1, -0.05) is 18.6 Å². The third-order valence-corrected chi connectivity index (χ3v) is 1.63. The molecule has 10 heavy (non-hydrogen) atoms. The summed E-state index contributed by atoms with van der Waals surface area (Å²) in [5.41, 5.74) is 1.42. The Morgan fingerprint density at radius 3 is 2.60 bits per heavy atom. The molecule has 1 nitrogen and oxygen atoms in total. The molecule has 0 fully saturated rings. The molecule has 0 aromatic carbocycles. The van der Waals surface area contributed by atoms with Gasteiger partial charge in [-0.3, -0.25) is 0 Å². The number of hydrogen-bond acceptors (Lipinski definition) is 1. The van der Waals surface area contributed by atoms with Gasteiger partial charge in [-0.25, -0.2) is 0 Å². The van der Waals surface area contributed by atoms with Gasteiger partial charge in [0.2, 0.25) is 0 Å². The molecule has 1 heteroatoms. The molecule has 0 saturated carbocycles. The van der Waals surface area contributed by atoms with Gasteiger partial charge in [0.05, 0.1) is 6.10 Å². The highest BCUT2D eigenvalue weighted by Gasteiger charge is 1.91. The normalized spacial score (nSPS) is 15.4. The third kappa shape index (κ3) is 5.83. The van der Waals surface area contributed by atoms with E-state index >= 15 is 0 Å². The van der Waals surface area contributed by atoms with E-state index in [-0.39, 0.29) is 6.10 Å². The maximum Gasteiger partial charge on any atom is 0.0515 e. The Morgan fingerprint density at radius 1 is 1.60 bits per heavy atom. The SMILES string of the molecule is CC/C(C)=C/CC[C@@H](C)O. The first-order valence-electron chi connectivity index (χ1n) is 4.00. The van der Waals surface area contributed by atoms with Crippen molar-refractivity contribution in [1.29, 1.82) is 0 Å². The van der Waals surface area contributed by atoms with E-state index < -0.39 is 0 Å². The molecule has 0 heterocycles. The van der Waals surface area contributed by atoms with Gasteiger partial charge in [0, 0.05) is 0 Å². The Bertz CT molecular complexity index is 103. The Labute approximate surface area is 63.8 Å². The zero-order valence-corrected chi connectivity index (χ0v) is 7.22. The molecule has 0 spiro atoms. The second-order valence-corrected chi connectivity index (χ2v) is 2.83. The van der Waals surface area contributed by atoms with Gasteiger partial charge in [-0.2, -0.15) is 0 Å². The fourth-order valence-electron chi connectivity index (χ4n) is 0.715. The van der Waals surface area contributed by atoms with Crippen molar-refractivity contribution in [3.05, 3.63) is 11.6 Å². The van der Waals surface area contributed by atoms with Crippen LogP contribution in [0.3, 0.4) is 0 Å². The number of allylic oxidation sites excluding steroid dienone is 2. The first-order chi connectivity index (χ1) is 4.66. The molecule has 0 radical (unpaired) electrons. The Hall–Kier alpha value is -0.300. The van der Waals surface area contributed by atoms with E-state index in [9.17, 15) is 0 Å². The molecule has 1 N–H and O–H groups in total. The molecule has 0 bridgehead atoms. The molecular formula is C9H18O. The van der Waals surface area contributed by atoms with Crippen molar-refractivity contribution in [2.24, 2.45) is 0 Å². The molecule has 0 amide bonds. The van der Waals surface area contributed by atoms with Crippen LogP contribution in [-0.2, 0) is 0 Å². The van der Waals surface area contributed by atoms with Crippen molar-refractivity contribution >= 4 is 0 Å². The minimum Gasteiger partial charge on any atom is -0.393 e. The Kier molecular flexibility index (Phi) is 5.32. The highest BCUT2D eigenvalue weighted by molar-refractivity contribution is 4.96. The van der Waals surface area contributed by atoms with E-state index in [4.69, 9.17) is 5.11 Å². The third-order valence-electron chi connectivity index (χ3n) is 1.63. The lowest BCUT2D eigenvalue weighted by molar-refractivity contribution is 0.186. The van der Waals surface area contributed by atoms with Gasteiger partial charge >= 0.3 is 0 Å². The number of rotatable bonds is 4. The molecule has 0 rings (SSSR count). The van der Waals surface area contributed by atoms with Crippen LogP contribution in [0.4, 0.5) is 0 Å². The molecule has 0 saturated heterocycles. The van der Waals surface area contributed by atoms with Gasteiger partial charge in [0.1, 0.15) is 0 Å². The van der Waals surface area contributed by atoms with Crippen LogP contribution >= 0.6 is 0 Å². The average molecular weight is 142 g/mol. The van der Waals surface area contributed by atoms with Crippen LogP contribution in [0.1, 0.15) is 40.0 Å². The maximum atomic E-state index is 8.91. The molecule has 1 atom stereocenters. The smallest absolute Gasteiger partial charge is 0.0515 e. The summed E-state index contributed by atoms with van der Waals surface area (Å²) >= 11 is 0. The highest BCUT2D eigenvalue weighted by atomic mass is 16.3. The van der Waals surface area contributed by atoms with Crippen molar-refractivity contribution < 1.29 is 5.11 Å². The minimum absolute atomic E-state index is 0.152. The molecule has 0 aliphatic rings. The topological polar surface area (TPSA) is 20.2 Å². The molecule has 0 aromatic heterocycles. The molecule has 60 valence electrons. The van der Waals surface area contributed by atoms with E-state index in [1.54, 1.807) is 0 Å². The Morgan fingerprint density at radius 2 is 2.20 bits per heavy atom. The van der Waals surface area contributed by atoms with E-state index in [0.717, 1.165) is 19.3 Å². The van der Waals surface area contributed by atoms with Gasteiger partial charge < -0.3 is 5.11 Å². The molecule has 0 aliphatic heterocycles. The fraction of sp³-hybridized carbons (Fsp3) is 0.778. The van der Waals surface area contributed by atoms with Gasteiger partial charge in [-0.15, -0.1) is 0 Å². The lowest BCUT2D eigenvalue weighted by Crippen LogP contribution is -1.97. The van der Waals surface area contributed by atoms with Crippen LogP contribution in [-0.4, -0.2) is 11.2 Å². The predicted octanol–water partition coefficient (Wildman–Crippen LogP) is 2.50. The van der Waals surface area contributed by atoms with Crippen molar-refractivity contribution in [2.75, 3.05) is 0 Å². The van der Waals surface area contributed by atoms with E-state index in [0.29, 0.717) is 0 Å². The first kappa shape index (κ1) is 9.70. The molecular weight excluding hydrogens is 124 g/mol. The largest absolute Gasteiger partial charge is 0.393 e. The van der Waals surface area contributed by atoms with Gasteiger partial charge in [-0.05, 0) is 33.1 Å². The lowest BCUT2D eigenvalue weighted by Gasteiger charge is -2.00. The summed E-state index contributed by atoms with van der Waals surface area (Å²) in [7, 11) is 0. The van der Waals surface area contributed by atoms with Crippen LogP contribution in [0, 0.1) is 0 Å². The summed E-state index contributed by atoms with van der Waals surface area (Å²) in [6.45, 7) is 6.10. The zero-order chi connectivity index (χ0) is 7.98.